The van der Waals surface area contributed by atoms with Crippen molar-refractivity contribution in [2.45, 2.75) is 39.7 Å². The van der Waals surface area contributed by atoms with E-state index in [0.29, 0.717) is 17.7 Å². The summed E-state index contributed by atoms with van der Waals surface area (Å²) < 4.78 is 5.38. The van der Waals surface area contributed by atoms with Crippen LogP contribution in [0.1, 0.15) is 33.6 Å². The zero-order valence-corrected chi connectivity index (χ0v) is 11.0. The van der Waals surface area contributed by atoms with Crippen LogP contribution in [0.2, 0.25) is 5.02 Å². The van der Waals surface area contributed by atoms with Crippen LogP contribution in [0.5, 0.6) is 5.75 Å². The highest BCUT2D eigenvalue weighted by Gasteiger charge is 2.04. The average molecular weight is 242 g/mol. The number of hydrogen-bond donors (Lipinski definition) is 1. The topological polar surface area (TPSA) is 21.3 Å². The van der Waals surface area contributed by atoms with Gasteiger partial charge < -0.3 is 10.1 Å². The number of nitrogens with one attached hydrogen (secondary N) is 1. The monoisotopic (exact) mass is 241 g/mol. The lowest BCUT2D eigenvalue weighted by atomic mass is 10.2. The van der Waals surface area contributed by atoms with E-state index in [-0.39, 0.29) is 0 Å². The first-order valence-electron chi connectivity index (χ1n) is 5.86. The van der Waals surface area contributed by atoms with Gasteiger partial charge in [0.2, 0.25) is 0 Å². The smallest absolute Gasteiger partial charge is 0.138 e. The van der Waals surface area contributed by atoms with Crippen molar-refractivity contribution in [3.05, 3.63) is 23.2 Å². The number of rotatable bonds is 6. The van der Waals surface area contributed by atoms with Gasteiger partial charge in [-0.15, -0.1) is 0 Å². The van der Waals surface area contributed by atoms with E-state index in [0.717, 1.165) is 17.9 Å². The van der Waals surface area contributed by atoms with Gasteiger partial charge in [0.15, 0.2) is 0 Å². The molecule has 2 nitrogen and oxygen atoms in total. The maximum atomic E-state index is 6.10. The summed E-state index contributed by atoms with van der Waals surface area (Å²) in [5.74, 6) is 0.748. The Labute approximate surface area is 103 Å². The Kier molecular flexibility index (Phi) is 5.47. The molecule has 1 unspecified atom stereocenters. The van der Waals surface area contributed by atoms with Crippen LogP contribution in [-0.2, 0) is 0 Å². The molecule has 1 atom stereocenters. The van der Waals surface area contributed by atoms with Crippen LogP contribution in [0.4, 0.5) is 5.69 Å². The Balaban J connectivity index is 2.65. The molecule has 0 spiro atoms. The predicted octanol–water partition coefficient (Wildman–Crippen LogP) is 4.34. The molecule has 0 bridgehead atoms. The predicted molar refractivity (Wildman–Crippen MR) is 70.6 cm³/mol. The maximum Gasteiger partial charge on any atom is 0.138 e. The van der Waals surface area contributed by atoms with E-state index in [4.69, 9.17) is 16.3 Å². The van der Waals surface area contributed by atoms with E-state index in [1.165, 1.54) is 6.42 Å². The van der Waals surface area contributed by atoms with Crippen molar-refractivity contribution in [1.82, 2.24) is 0 Å². The summed E-state index contributed by atoms with van der Waals surface area (Å²) in [4.78, 5) is 0. The summed E-state index contributed by atoms with van der Waals surface area (Å²) in [5, 5.41) is 4.08. The molecular formula is C13H20ClNO. The van der Waals surface area contributed by atoms with Crippen LogP contribution >= 0.6 is 11.6 Å². The molecule has 0 aromatic heterocycles. The molecule has 0 heterocycles. The van der Waals surface area contributed by atoms with Crippen LogP contribution in [-0.4, -0.2) is 12.6 Å². The van der Waals surface area contributed by atoms with Crippen molar-refractivity contribution in [3.8, 4) is 5.75 Å². The number of benzene rings is 1. The van der Waals surface area contributed by atoms with Crippen LogP contribution in [0.25, 0.3) is 0 Å². The van der Waals surface area contributed by atoms with E-state index in [2.05, 4.69) is 19.2 Å². The van der Waals surface area contributed by atoms with Crippen molar-refractivity contribution in [3.63, 3.8) is 0 Å². The largest absolute Gasteiger partial charge is 0.492 e. The molecule has 0 saturated carbocycles. The standard InChI is InChI=1S/C13H20ClNO/c1-4-6-10(3)15-11-7-8-13(16-5-2)12(14)9-11/h7-10,15H,4-6H2,1-3H3. The lowest BCUT2D eigenvalue weighted by molar-refractivity contribution is 0.340. The number of halogens is 1. The van der Waals surface area contributed by atoms with E-state index in [1.807, 2.05) is 25.1 Å². The molecule has 1 rings (SSSR count). The SMILES string of the molecule is CCCC(C)Nc1ccc(OCC)c(Cl)c1. The number of hydrogen-bond acceptors (Lipinski definition) is 2. The third kappa shape index (κ3) is 3.93. The van der Waals surface area contributed by atoms with Crippen LogP contribution in [0.15, 0.2) is 18.2 Å². The van der Waals surface area contributed by atoms with Gasteiger partial charge in [0.05, 0.1) is 11.6 Å². The Morgan fingerprint density at radius 3 is 2.69 bits per heavy atom. The van der Waals surface area contributed by atoms with Gasteiger partial charge in [0.25, 0.3) is 0 Å². The minimum absolute atomic E-state index is 0.471. The Morgan fingerprint density at radius 2 is 2.12 bits per heavy atom. The van der Waals surface area contributed by atoms with Gasteiger partial charge in [-0.1, -0.05) is 24.9 Å². The first-order chi connectivity index (χ1) is 7.67. The van der Waals surface area contributed by atoms with Crippen molar-refractivity contribution in [1.29, 1.82) is 0 Å². The molecule has 0 saturated heterocycles. The van der Waals surface area contributed by atoms with Gasteiger partial charge in [0.1, 0.15) is 5.75 Å². The molecule has 0 fully saturated rings. The van der Waals surface area contributed by atoms with Gasteiger partial charge in [-0.2, -0.15) is 0 Å². The summed E-state index contributed by atoms with van der Waals surface area (Å²) >= 11 is 6.10. The summed E-state index contributed by atoms with van der Waals surface area (Å²) in [7, 11) is 0. The second-order valence-corrected chi connectivity index (χ2v) is 4.32. The Hall–Kier alpha value is -0.890. The molecule has 1 aromatic rings. The van der Waals surface area contributed by atoms with E-state index in [9.17, 15) is 0 Å². The zero-order valence-electron chi connectivity index (χ0n) is 10.2. The van der Waals surface area contributed by atoms with E-state index < -0.39 is 0 Å². The summed E-state index contributed by atoms with van der Waals surface area (Å²) in [6, 6.07) is 6.30. The molecule has 0 amide bonds. The second-order valence-electron chi connectivity index (χ2n) is 3.91. The summed E-state index contributed by atoms with van der Waals surface area (Å²) in [6.45, 7) is 6.95. The minimum atomic E-state index is 0.471. The highest BCUT2D eigenvalue weighted by molar-refractivity contribution is 6.32. The van der Waals surface area contributed by atoms with Crippen molar-refractivity contribution in [2.75, 3.05) is 11.9 Å². The third-order valence-electron chi connectivity index (χ3n) is 2.37. The number of anilines is 1. The molecule has 1 N–H and O–H groups in total. The van der Waals surface area contributed by atoms with Crippen molar-refractivity contribution >= 4 is 17.3 Å². The molecule has 0 aliphatic carbocycles. The highest BCUT2D eigenvalue weighted by Crippen LogP contribution is 2.28. The van der Waals surface area contributed by atoms with Gasteiger partial charge in [-0.25, -0.2) is 0 Å². The van der Waals surface area contributed by atoms with Gasteiger partial charge in [0, 0.05) is 11.7 Å². The first-order valence-corrected chi connectivity index (χ1v) is 6.24. The van der Waals surface area contributed by atoms with Gasteiger partial charge in [-0.3, -0.25) is 0 Å². The Bertz CT molecular complexity index is 328. The highest BCUT2D eigenvalue weighted by atomic mass is 35.5. The van der Waals surface area contributed by atoms with Crippen molar-refractivity contribution in [2.24, 2.45) is 0 Å². The number of ether oxygens (including phenoxy) is 1. The molecular weight excluding hydrogens is 222 g/mol. The molecule has 0 aliphatic rings. The fraction of sp³-hybridized carbons (Fsp3) is 0.538. The van der Waals surface area contributed by atoms with Crippen LogP contribution < -0.4 is 10.1 Å². The average Bonchev–Trinajstić information content (AvgIpc) is 2.22. The summed E-state index contributed by atoms with van der Waals surface area (Å²) in [5.41, 5.74) is 1.05. The quantitative estimate of drug-likeness (QED) is 0.800. The fourth-order valence-corrected chi connectivity index (χ4v) is 1.89. The molecule has 0 aliphatic heterocycles. The minimum Gasteiger partial charge on any atom is -0.492 e. The van der Waals surface area contributed by atoms with E-state index >= 15 is 0 Å². The second kappa shape index (κ2) is 6.64. The lowest BCUT2D eigenvalue weighted by Crippen LogP contribution is -2.14. The first kappa shape index (κ1) is 13.2. The molecule has 16 heavy (non-hydrogen) atoms. The van der Waals surface area contributed by atoms with Gasteiger partial charge in [-0.05, 0) is 38.5 Å². The molecule has 1 aromatic carbocycles. The summed E-state index contributed by atoms with van der Waals surface area (Å²) in [6.07, 6.45) is 2.34. The van der Waals surface area contributed by atoms with Crippen LogP contribution in [0, 0.1) is 0 Å². The molecule has 90 valence electrons. The Morgan fingerprint density at radius 1 is 1.38 bits per heavy atom. The molecule has 0 radical (unpaired) electrons. The van der Waals surface area contributed by atoms with Crippen LogP contribution in [0.3, 0.4) is 0 Å². The van der Waals surface area contributed by atoms with E-state index in [1.54, 1.807) is 0 Å². The van der Waals surface area contributed by atoms with Gasteiger partial charge >= 0.3 is 0 Å². The molecule has 3 heteroatoms. The third-order valence-corrected chi connectivity index (χ3v) is 2.66. The zero-order chi connectivity index (χ0) is 12.0. The maximum absolute atomic E-state index is 6.10. The fourth-order valence-electron chi connectivity index (χ4n) is 1.65. The van der Waals surface area contributed by atoms with Crippen molar-refractivity contribution < 1.29 is 4.74 Å². The normalized spacial score (nSPS) is 12.2. The lowest BCUT2D eigenvalue weighted by Gasteiger charge is -2.15.